The van der Waals surface area contributed by atoms with Crippen LogP contribution in [0.4, 0.5) is 4.39 Å². The average molecular weight is 336 g/mol. The SMILES string of the molecule is CC(=O)NC[C@H]1CN(C(=O)[C@H](C)CCc2ccccc2F)CCO1. The van der Waals surface area contributed by atoms with Gasteiger partial charge < -0.3 is 15.0 Å². The third kappa shape index (κ3) is 5.30. The number of hydrogen-bond donors (Lipinski definition) is 1. The normalized spacial score (nSPS) is 19.0. The zero-order valence-corrected chi connectivity index (χ0v) is 14.3. The average Bonchev–Trinajstić information content (AvgIpc) is 2.58. The van der Waals surface area contributed by atoms with Gasteiger partial charge in [-0.2, -0.15) is 0 Å². The van der Waals surface area contributed by atoms with Crippen molar-refractivity contribution in [3.05, 3.63) is 35.6 Å². The van der Waals surface area contributed by atoms with Gasteiger partial charge in [0.2, 0.25) is 11.8 Å². The van der Waals surface area contributed by atoms with Crippen molar-refractivity contribution < 1.29 is 18.7 Å². The Kier molecular flexibility index (Phi) is 6.73. The molecule has 1 saturated heterocycles. The number of carbonyl (C=O) groups is 2. The van der Waals surface area contributed by atoms with Crippen LogP contribution in [0.5, 0.6) is 0 Å². The zero-order chi connectivity index (χ0) is 17.5. The van der Waals surface area contributed by atoms with Crippen LogP contribution in [0.1, 0.15) is 25.8 Å². The first-order chi connectivity index (χ1) is 11.5. The Bertz CT molecular complexity index is 579. The van der Waals surface area contributed by atoms with E-state index in [0.717, 1.165) is 0 Å². The van der Waals surface area contributed by atoms with Gasteiger partial charge >= 0.3 is 0 Å². The Labute approximate surface area is 142 Å². The summed E-state index contributed by atoms with van der Waals surface area (Å²) in [7, 11) is 0. The first-order valence-corrected chi connectivity index (χ1v) is 8.35. The van der Waals surface area contributed by atoms with E-state index in [9.17, 15) is 14.0 Å². The summed E-state index contributed by atoms with van der Waals surface area (Å²) in [5.41, 5.74) is 0.641. The number of nitrogens with one attached hydrogen (secondary N) is 1. The topological polar surface area (TPSA) is 58.6 Å². The van der Waals surface area contributed by atoms with Gasteiger partial charge in [-0.15, -0.1) is 0 Å². The number of amides is 2. The summed E-state index contributed by atoms with van der Waals surface area (Å²) in [4.78, 5) is 25.3. The predicted molar refractivity (Wildman–Crippen MR) is 88.9 cm³/mol. The van der Waals surface area contributed by atoms with Crippen molar-refractivity contribution in [3.63, 3.8) is 0 Å². The minimum absolute atomic E-state index is 0.0578. The minimum Gasteiger partial charge on any atom is -0.373 e. The molecule has 0 bridgehead atoms. The summed E-state index contributed by atoms with van der Waals surface area (Å²) >= 11 is 0. The van der Waals surface area contributed by atoms with E-state index in [1.807, 2.05) is 6.92 Å². The summed E-state index contributed by atoms with van der Waals surface area (Å²) in [6.07, 6.45) is 0.970. The van der Waals surface area contributed by atoms with E-state index >= 15 is 0 Å². The molecule has 132 valence electrons. The van der Waals surface area contributed by atoms with E-state index < -0.39 is 0 Å². The molecule has 5 nitrogen and oxygen atoms in total. The molecule has 1 aromatic rings. The van der Waals surface area contributed by atoms with Crippen LogP contribution in [0.25, 0.3) is 0 Å². The van der Waals surface area contributed by atoms with Gasteiger partial charge in [0.1, 0.15) is 5.82 Å². The largest absolute Gasteiger partial charge is 0.373 e. The first-order valence-electron chi connectivity index (χ1n) is 8.35. The lowest BCUT2D eigenvalue weighted by Crippen LogP contribution is -2.50. The standard InChI is InChI=1S/C18H25FN2O3/c1-13(7-8-15-5-3-4-6-17(15)19)18(23)21-9-10-24-16(12-21)11-20-14(2)22/h3-6,13,16H,7-12H2,1-2H3,(H,20,22)/t13-,16+/m1/s1. The first kappa shape index (κ1) is 18.4. The lowest BCUT2D eigenvalue weighted by Gasteiger charge is -2.34. The number of aryl methyl sites for hydroxylation is 1. The van der Waals surface area contributed by atoms with E-state index in [2.05, 4.69) is 5.32 Å². The van der Waals surface area contributed by atoms with Gasteiger partial charge in [-0.25, -0.2) is 4.39 Å². The van der Waals surface area contributed by atoms with Crippen molar-refractivity contribution in [2.24, 2.45) is 5.92 Å². The van der Waals surface area contributed by atoms with E-state index in [1.165, 1.54) is 13.0 Å². The molecule has 2 atom stereocenters. The lowest BCUT2D eigenvalue weighted by atomic mass is 9.99. The lowest BCUT2D eigenvalue weighted by molar-refractivity contribution is -0.142. The number of ether oxygens (including phenoxy) is 1. The van der Waals surface area contributed by atoms with Crippen molar-refractivity contribution in [2.75, 3.05) is 26.2 Å². The maximum absolute atomic E-state index is 13.7. The van der Waals surface area contributed by atoms with Crippen LogP contribution in [0.2, 0.25) is 0 Å². The van der Waals surface area contributed by atoms with Gasteiger partial charge in [0.25, 0.3) is 0 Å². The fourth-order valence-corrected chi connectivity index (χ4v) is 2.81. The highest BCUT2D eigenvalue weighted by atomic mass is 19.1. The van der Waals surface area contributed by atoms with Crippen molar-refractivity contribution in [1.29, 1.82) is 0 Å². The molecule has 24 heavy (non-hydrogen) atoms. The summed E-state index contributed by atoms with van der Waals surface area (Å²) in [5, 5.41) is 2.71. The molecule has 0 unspecified atom stereocenters. The predicted octanol–water partition coefficient (Wildman–Crippen LogP) is 1.76. The third-order valence-electron chi connectivity index (χ3n) is 4.26. The number of hydrogen-bond acceptors (Lipinski definition) is 3. The number of morpholine rings is 1. The second-order valence-corrected chi connectivity index (χ2v) is 6.25. The van der Waals surface area contributed by atoms with Crippen molar-refractivity contribution in [2.45, 2.75) is 32.8 Å². The molecular formula is C18H25FN2O3. The summed E-state index contributed by atoms with van der Waals surface area (Å²) in [6.45, 7) is 5.24. The van der Waals surface area contributed by atoms with E-state index in [4.69, 9.17) is 4.74 Å². The molecule has 1 heterocycles. The number of nitrogens with zero attached hydrogens (tertiary/aromatic N) is 1. The fraction of sp³-hybridized carbons (Fsp3) is 0.556. The molecular weight excluding hydrogens is 311 g/mol. The molecule has 1 aliphatic rings. The Balaban J connectivity index is 1.83. The highest BCUT2D eigenvalue weighted by molar-refractivity contribution is 5.78. The Morgan fingerprint density at radius 2 is 2.17 bits per heavy atom. The molecule has 2 rings (SSSR count). The Morgan fingerprint density at radius 3 is 2.88 bits per heavy atom. The molecule has 2 amide bonds. The molecule has 1 aliphatic heterocycles. The maximum Gasteiger partial charge on any atom is 0.225 e. The van der Waals surface area contributed by atoms with Gasteiger partial charge in [0, 0.05) is 32.5 Å². The third-order valence-corrected chi connectivity index (χ3v) is 4.26. The van der Waals surface area contributed by atoms with Crippen LogP contribution in [-0.2, 0) is 20.7 Å². The highest BCUT2D eigenvalue weighted by Crippen LogP contribution is 2.16. The monoisotopic (exact) mass is 336 g/mol. The summed E-state index contributed by atoms with van der Waals surface area (Å²) in [5.74, 6) is -0.453. The van der Waals surface area contributed by atoms with Gasteiger partial charge in [0.05, 0.1) is 12.7 Å². The highest BCUT2D eigenvalue weighted by Gasteiger charge is 2.27. The summed E-state index contributed by atoms with van der Waals surface area (Å²) in [6, 6.07) is 6.66. The van der Waals surface area contributed by atoms with Gasteiger partial charge in [-0.05, 0) is 24.5 Å². The molecule has 0 saturated carbocycles. The van der Waals surface area contributed by atoms with Gasteiger partial charge in [-0.1, -0.05) is 25.1 Å². The number of carbonyl (C=O) groups excluding carboxylic acids is 2. The van der Waals surface area contributed by atoms with Crippen molar-refractivity contribution in [1.82, 2.24) is 10.2 Å². The second kappa shape index (κ2) is 8.78. The molecule has 0 spiro atoms. The Hall–Kier alpha value is -1.95. The number of halogens is 1. The molecule has 1 N–H and O–H groups in total. The Morgan fingerprint density at radius 1 is 1.42 bits per heavy atom. The summed E-state index contributed by atoms with van der Waals surface area (Å²) < 4.78 is 19.2. The number of rotatable bonds is 6. The van der Waals surface area contributed by atoms with E-state index in [1.54, 1.807) is 23.1 Å². The van der Waals surface area contributed by atoms with Gasteiger partial charge in [-0.3, -0.25) is 9.59 Å². The molecule has 1 aromatic carbocycles. The molecule has 0 radical (unpaired) electrons. The van der Waals surface area contributed by atoms with Gasteiger partial charge in [0.15, 0.2) is 0 Å². The second-order valence-electron chi connectivity index (χ2n) is 6.25. The zero-order valence-electron chi connectivity index (χ0n) is 14.3. The number of benzene rings is 1. The molecule has 0 aliphatic carbocycles. The van der Waals surface area contributed by atoms with Crippen LogP contribution >= 0.6 is 0 Å². The van der Waals surface area contributed by atoms with Crippen molar-refractivity contribution >= 4 is 11.8 Å². The quantitative estimate of drug-likeness (QED) is 0.861. The van der Waals surface area contributed by atoms with Crippen LogP contribution in [0.3, 0.4) is 0 Å². The fourth-order valence-electron chi connectivity index (χ4n) is 2.81. The van der Waals surface area contributed by atoms with Crippen LogP contribution in [-0.4, -0.2) is 49.1 Å². The smallest absolute Gasteiger partial charge is 0.225 e. The molecule has 1 fully saturated rings. The van der Waals surface area contributed by atoms with Crippen LogP contribution in [0.15, 0.2) is 24.3 Å². The van der Waals surface area contributed by atoms with Crippen LogP contribution < -0.4 is 5.32 Å². The maximum atomic E-state index is 13.7. The van der Waals surface area contributed by atoms with Crippen LogP contribution in [0, 0.1) is 11.7 Å². The van der Waals surface area contributed by atoms with Crippen molar-refractivity contribution in [3.8, 4) is 0 Å². The minimum atomic E-state index is -0.223. The van der Waals surface area contributed by atoms with E-state index in [-0.39, 0.29) is 29.7 Å². The molecule has 6 heteroatoms. The molecule has 0 aromatic heterocycles. The van der Waals surface area contributed by atoms with E-state index in [0.29, 0.717) is 44.6 Å².